The minimum atomic E-state index is -3.35. The van der Waals surface area contributed by atoms with Crippen LogP contribution in [0.2, 0.25) is 0 Å². The highest BCUT2D eigenvalue weighted by molar-refractivity contribution is 7.92. The van der Waals surface area contributed by atoms with E-state index >= 15 is 0 Å². The number of aromatic nitrogens is 1. The molecule has 4 aromatic carbocycles. The summed E-state index contributed by atoms with van der Waals surface area (Å²) in [5.41, 5.74) is 4.46. The summed E-state index contributed by atoms with van der Waals surface area (Å²) in [6, 6.07) is 31.4. The number of fused-ring (bicyclic) bond motifs is 3. The number of ether oxygens (including phenoxy) is 1. The van der Waals surface area contributed by atoms with Crippen LogP contribution in [0.4, 0.5) is 5.69 Å². The normalized spacial score (nSPS) is 11.3. The number of Topliss-reactive ketones (excluding diaryl/α,β-unsaturated/α-hetero) is 1. The van der Waals surface area contributed by atoms with E-state index in [9.17, 15) is 13.2 Å². The number of hydrogen-bond acceptors (Lipinski definition) is 5. The van der Waals surface area contributed by atoms with E-state index in [2.05, 4.69) is 75.3 Å². The Morgan fingerprint density at radius 1 is 0.846 bits per heavy atom. The van der Waals surface area contributed by atoms with Crippen molar-refractivity contribution in [3.05, 3.63) is 108 Å². The van der Waals surface area contributed by atoms with Crippen LogP contribution < -0.4 is 14.8 Å². The summed E-state index contributed by atoms with van der Waals surface area (Å²) in [7, 11) is -3.35. The Hall–Kier alpha value is -3.85. The zero-order valence-electron chi connectivity index (χ0n) is 21.5. The first-order valence-electron chi connectivity index (χ1n) is 12.4. The minimum absolute atomic E-state index is 0. The van der Waals surface area contributed by atoms with Crippen LogP contribution in [-0.2, 0) is 16.6 Å². The van der Waals surface area contributed by atoms with Gasteiger partial charge in [0.05, 0.1) is 18.3 Å². The Kier molecular flexibility index (Phi) is 8.91. The highest BCUT2D eigenvalue weighted by Gasteiger charge is 2.12. The van der Waals surface area contributed by atoms with E-state index in [1.54, 1.807) is 24.3 Å². The van der Waals surface area contributed by atoms with Gasteiger partial charge in [-0.25, -0.2) is 8.42 Å². The molecule has 0 radical (unpaired) electrons. The number of anilines is 1. The molecule has 0 aliphatic rings. The first kappa shape index (κ1) is 28.2. The highest BCUT2D eigenvalue weighted by Crippen LogP contribution is 2.32. The molecule has 7 nitrogen and oxygen atoms in total. The molecule has 0 spiro atoms. The summed E-state index contributed by atoms with van der Waals surface area (Å²) in [5.74, 6) is 0.694. The first-order chi connectivity index (χ1) is 18.4. The van der Waals surface area contributed by atoms with Crippen molar-refractivity contribution in [3.8, 4) is 5.75 Å². The summed E-state index contributed by atoms with van der Waals surface area (Å²) in [5, 5.41) is 5.52. The van der Waals surface area contributed by atoms with Gasteiger partial charge in [-0.2, -0.15) is 0 Å². The third kappa shape index (κ3) is 6.97. The van der Waals surface area contributed by atoms with Gasteiger partial charge in [0, 0.05) is 46.7 Å². The molecule has 0 fully saturated rings. The molecule has 1 heterocycles. The fraction of sp³-hybridized carbons (Fsp3) is 0.167. The number of benzene rings is 4. The molecule has 1 aromatic heterocycles. The lowest BCUT2D eigenvalue weighted by Crippen LogP contribution is -2.27. The summed E-state index contributed by atoms with van der Waals surface area (Å²) >= 11 is 0. The summed E-state index contributed by atoms with van der Waals surface area (Å²) in [6.07, 6.45) is 1.08. The lowest BCUT2D eigenvalue weighted by atomic mass is 10.1. The van der Waals surface area contributed by atoms with Gasteiger partial charge in [-0.1, -0.05) is 48.5 Å². The van der Waals surface area contributed by atoms with E-state index in [1.165, 1.54) is 21.9 Å². The summed E-state index contributed by atoms with van der Waals surface area (Å²) in [6.45, 7) is 1.84. The Labute approximate surface area is 234 Å². The predicted octanol–water partition coefficient (Wildman–Crippen LogP) is 5.49. The molecule has 2 N–H and O–H groups in total. The Bertz CT molecular complexity index is 1680. The number of nitrogens with zero attached hydrogens (tertiary/aromatic N) is 1. The molecule has 9 heteroatoms. The molecule has 0 saturated carbocycles. The third-order valence-electron chi connectivity index (χ3n) is 6.27. The smallest absolute Gasteiger partial charge is 0.229 e. The molecule has 0 unspecified atom stereocenters. The Balaban J connectivity index is 0.00000353. The quantitative estimate of drug-likeness (QED) is 0.164. The molecule has 0 atom stereocenters. The van der Waals surface area contributed by atoms with E-state index in [4.69, 9.17) is 4.74 Å². The average molecular weight is 564 g/mol. The van der Waals surface area contributed by atoms with E-state index < -0.39 is 10.0 Å². The van der Waals surface area contributed by atoms with Gasteiger partial charge in [-0.05, 0) is 48.0 Å². The standard InChI is InChI=1S/C30H29N3O4S.ClH/c1-38(35,36)32-24-13-11-23(12-14-24)30(34)20-31-17-18-37-25-15-16-27-26-9-5-6-10-28(26)33(29(27)19-25)21-22-7-3-2-4-8-22;/h2-16,19,31-32H,17-18,20-21H2,1H3;1H. The van der Waals surface area contributed by atoms with Crippen molar-refractivity contribution < 1.29 is 17.9 Å². The fourth-order valence-corrected chi connectivity index (χ4v) is 5.10. The van der Waals surface area contributed by atoms with Crippen LogP contribution >= 0.6 is 12.4 Å². The molecule has 0 bridgehead atoms. The van der Waals surface area contributed by atoms with Crippen molar-refractivity contribution >= 4 is 55.7 Å². The van der Waals surface area contributed by atoms with Crippen LogP contribution in [0.1, 0.15) is 15.9 Å². The highest BCUT2D eigenvalue weighted by atomic mass is 35.5. The summed E-state index contributed by atoms with van der Waals surface area (Å²) in [4.78, 5) is 12.4. The largest absolute Gasteiger partial charge is 0.492 e. The zero-order valence-corrected chi connectivity index (χ0v) is 23.1. The van der Waals surface area contributed by atoms with E-state index in [0.717, 1.165) is 24.1 Å². The minimum Gasteiger partial charge on any atom is -0.492 e. The predicted molar refractivity (Wildman–Crippen MR) is 160 cm³/mol. The van der Waals surface area contributed by atoms with Crippen molar-refractivity contribution in [2.24, 2.45) is 0 Å². The number of halogens is 1. The van der Waals surface area contributed by atoms with Crippen molar-refractivity contribution in [3.63, 3.8) is 0 Å². The van der Waals surface area contributed by atoms with Gasteiger partial charge in [0.25, 0.3) is 0 Å². The monoisotopic (exact) mass is 563 g/mol. The van der Waals surface area contributed by atoms with Gasteiger partial charge in [-0.3, -0.25) is 9.52 Å². The van der Waals surface area contributed by atoms with Crippen molar-refractivity contribution in [1.82, 2.24) is 9.88 Å². The molecule has 0 aliphatic heterocycles. The maximum atomic E-state index is 12.4. The van der Waals surface area contributed by atoms with E-state index in [0.29, 0.717) is 24.4 Å². The number of ketones is 1. The second kappa shape index (κ2) is 12.3. The van der Waals surface area contributed by atoms with Crippen LogP contribution in [0.3, 0.4) is 0 Å². The maximum Gasteiger partial charge on any atom is 0.229 e. The maximum absolute atomic E-state index is 12.4. The van der Waals surface area contributed by atoms with Crippen LogP contribution in [-0.4, -0.2) is 44.7 Å². The van der Waals surface area contributed by atoms with Gasteiger partial charge in [0.15, 0.2) is 5.78 Å². The first-order valence-corrected chi connectivity index (χ1v) is 14.3. The fourth-order valence-electron chi connectivity index (χ4n) is 4.54. The molecule has 5 rings (SSSR count). The molecular weight excluding hydrogens is 534 g/mol. The Morgan fingerprint density at radius 2 is 1.54 bits per heavy atom. The SMILES string of the molecule is CS(=O)(=O)Nc1ccc(C(=O)CNCCOc2ccc3c4ccccc4n(Cc4ccccc4)c3c2)cc1.Cl. The van der Waals surface area contributed by atoms with E-state index in [-0.39, 0.29) is 24.7 Å². The number of sulfonamides is 1. The van der Waals surface area contributed by atoms with Gasteiger partial charge in [-0.15, -0.1) is 12.4 Å². The van der Waals surface area contributed by atoms with Crippen LogP contribution in [0, 0.1) is 0 Å². The van der Waals surface area contributed by atoms with Crippen LogP contribution in [0.25, 0.3) is 21.8 Å². The zero-order chi connectivity index (χ0) is 26.5. The number of carbonyl (C=O) groups excluding carboxylic acids is 1. The lowest BCUT2D eigenvalue weighted by molar-refractivity contribution is 0.0990. The van der Waals surface area contributed by atoms with Gasteiger partial charge >= 0.3 is 0 Å². The number of rotatable bonds is 11. The van der Waals surface area contributed by atoms with Crippen molar-refractivity contribution in [2.45, 2.75) is 6.54 Å². The number of nitrogens with one attached hydrogen (secondary N) is 2. The molecule has 0 amide bonds. The Morgan fingerprint density at radius 3 is 2.28 bits per heavy atom. The topological polar surface area (TPSA) is 89.4 Å². The van der Waals surface area contributed by atoms with Crippen LogP contribution in [0.5, 0.6) is 5.75 Å². The number of carbonyl (C=O) groups is 1. The van der Waals surface area contributed by atoms with E-state index in [1.807, 2.05) is 12.1 Å². The molecule has 5 aromatic rings. The average Bonchev–Trinajstić information content (AvgIpc) is 3.21. The number of hydrogen-bond donors (Lipinski definition) is 2. The second-order valence-corrected chi connectivity index (χ2v) is 10.9. The molecular formula is C30H30ClN3O4S. The van der Waals surface area contributed by atoms with Crippen molar-refractivity contribution in [2.75, 3.05) is 30.7 Å². The van der Waals surface area contributed by atoms with Crippen LogP contribution in [0.15, 0.2) is 97.1 Å². The summed E-state index contributed by atoms with van der Waals surface area (Å²) < 4.78 is 33.4. The molecule has 39 heavy (non-hydrogen) atoms. The molecule has 202 valence electrons. The number of para-hydroxylation sites is 1. The van der Waals surface area contributed by atoms with Gasteiger partial charge < -0.3 is 14.6 Å². The molecule has 0 aliphatic carbocycles. The third-order valence-corrected chi connectivity index (χ3v) is 6.88. The second-order valence-electron chi connectivity index (χ2n) is 9.17. The molecule has 0 saturated heterocycles. The van der Waals surface area contributed by atoms with Crippen molar-refractivity contribution in [1.29, 1.82) is 0 Å². The van der Waals surface area contributed by atoms with Gasteiger partial charge in [0.2, 0.25) is 10.0 Å². The van der Waals surface area contributed by atoms with Gasteiger partial charge in [0.1, 0.15) is 12.4 Å². The lowest BCUT2D eigenvalue weighted by Gasteiger charge is -2.10.